The molecule has 0 bridgehead atoms. The molecule has 0 aliphatic heterocycles. The smallest absolute Gasteiger partial charge is 0.336 e. The molecule has 78 valence electrons. The lowest BCUT2D eigenvalue weighted by Crippen LogP contribution is -2.11. The zero-order chi connectivity index (χ0) is 11.0. The van der Waals surface area contributed by atoms with Crippen molar-refractivity contribution in [3.8, 4) is 0 Å². The van der Waals surface area contributed by atoms with E-state index in [-0.39, 0.29) is 5.63 Å². The number of hydrogen-bond acceptors (Lipinski definition) is 4. The monoisotopic (exact) mass is 205 g/mol. The SMILES string of the molecule is Cc1cc2oc(=O)ccc2cc1N(C)O. The highest BCUT2D eigenvalue weighted by Gasteiger charge is 2.05. The Bertz CT molecular complexity index is 557. The van der Waals surface area contributed by atoms with E-state index < -0.39 is 0 Å². The van der Waals surface area contributed by atoms with Crippen LogP contribution in [0.5, 0.6) is 0 Å². The highest BCUT2D eigenvalue weighted by molar-refractivity contribution is 5.82. The van der Waals surface area contributed by atoms with E-state index in [9.17, 15) is 10.0 Å². The fourth-order valence-electron chi connectivity index (χ4n) is 1.55. The predicted molar refractivity (Wildman–Crippen MR) is 57.4 cm³/mol. The normalized spacial score (nSPS) is 10.6. The first-order valence-electron chi connectivity index (χ1n) is 4.55. The van der Waals surface area contributed by atoms with Gasteiger partial charge in [0, 0.05) is 18.5 Å². The molecule has 1 aromatic heterocycles. The van der Waals surface area contributed by atoms with Crippen LogP contribution in [0, 0.1) is 6.92 Å². The molecule has 1 heterocycles. The minimum atomic E-state index is -0.369. The summed E-state index contributed by atoms with van der Waals surface area (Å²) >= 11 is 0. The van der Waals surface area contributed by atoms with Gasteiger partial charge in [0.2, 0.25) is 0 Å². The van der Waals surface area contributed by atoms with E-state index in [1.54, 1.807) is 25.2 Å². The number of nitrogens with zero attached hydrogens (tertiary/aromatic N) is 1. The molecule has 2 rings (SSSR count). The Labute approximate surface area is 86.3 Å². The van der Waals surface area contributed by atoms with Crippen LogP contribution in [0.1, 0.15) is 5.56 Å². The van der Waals surface area contributed by atoms with Crippen LogP contribution in [-0.2, 0) is 0 Å². The third-order valence-electron chi connectivity index (χ3n) is 2.29. The van der Waals surface area contributed by atoms with Gasteiger partial charge in [0.25, 0.3) is 0 Å². The van der Waals surface area contributed by atoms with Crippen LogP contribution in [0.4, 0.5) is 5.69 Å². The van der Waals surface area contributed by atoms with Crippen molar-refractivity contribution in [2.24, 2.45) is 0 Å². The van der Waals surface area contributed by atoms with Crippen molar-refractivity contribution in [3.63, 3.8) is 0 Å². The first kappa shape index (κ1) is 9.73. The molecule has 0 saturated heterocycles. The number of anilines is 1. The van der Waals surface area contributed by atoms with Crippen LogP contribution in [-0.4, -0.2) is 12.3 Å². The lowest BCUT2D eigenvalue weighted by atomic mass is 10.1. The Morgan fingerprint density at radius 3 is 2.73 bits per heavy atom. The molecule has 4 nitrogen and oxygen atoms in total. The van der Waals surface area contributed by atoms with E-state index in [1.165, 1.54) is 6.07 Å². The van der Waals surface area contributed by atoms with Crippen molar-refractivity contribution < 1.29 is 9.62 Å². The van der Waals surface area contributed by atoms with Gasteiger partial charge in [-0.2, -0.15) is 0 Å². The second-order valence-corrected chi connectivity index (χ2v) is 3.45. The maximum absolute atomic E-state index is 11.0. The van der Waals surface area contributed by atoms with Gasteiger partial charge in [0.15, 0.2) is 0 Å². The number of aryl methyl sites for hydroxylation is 1. The predicted octanol–water partition coefficient (Wildman–Crippen LogP) is 1.93. The van der Waals surface area contributed by atoms with Crippen molar-refractivity contribution in [1.29, 1.82) is 0 Å². The second-order valence-electron chi connectivity index (χ2n) is 3.45. The van der Waals surface area contributed by atoms with E-state index in [0.717, 1.165) is 16.0 Å². The summed E-state index contributed by atoms with van der Waals surface area (Å²) in [6.45, 7) is 1.84. The van der Waals surface area contributed by atoms with Gasteiger partial charge in [-0.3, -0.25) is 10.3 Å². The molecule has 0 unspecified atom stereocenters. The molecule has 15 heavy (non-hydrogen) atoms. The number of fused-ring (bicyclic) bond motifs is 1. The van der Waals surface area contributed by atoms with Gasteiger partial charge in [0.05, 0.1) is 5.69 Å². The molecule has 1 N–H and O–H groups in total. The zero-order valence-corrected chi connectivity index (χ0v) is 8.52. The highest BCUT2D eigenvalue weighted by Crippen LogP contribution is 2.24. The van der Waals surface area contributed by atoms with Gasteiger partial charge in [-0.15, -0.1) is 0 Å². The Morgan fingerprint density at radius 1 is 1.33 bits per heavy atom. The molecule has 0 aliphatic carbocycles. The quantitative estimate of drug-likeness (QED) is 0.571. The number of hydrogen-bond donors (Lipinski definition) is 1. The number of benzene rings is 1. The lowest BCUT2D eigenvalue weighted by molar-refractivity contribution is 0.279. The van der Waals surface area contributed by atoms with Crippen LogP contribution in [0.25, 0.3) is 11.0 Å². The summed E-state index contributed by atoms with van der Waals surface area (Å²) in [5.41, 5.74) is 1.70. The Morgan fingerprint density at radius 2 is 2.07 bits per heavy atom. The largest absolute Gasteiger partial charge is 0.423 e. The van der Waals surface area contributed by atoms with Crippen molar-refractivity contribution in [3.05, 3.63) is 40.2 Å². The standard InChI is InChI=1S/C11H11NO3/c1-7-5-10-8(3-4-11(13)15-10)6-9(7)12(2)14/h3-6,14H,1-2H3. The molecule has 0 saturated carbocycles. The van der Waals surface area contributed by atoms with Crippen LogP contribution >= 0.6 is 0 Å². The molecular formula is C11H11NO3. The third-order valence-corrected chi connectivity index (χ3v) is 2.29. The van der Waals surface area contributed by atoms with Gasteiger partial charge in [0.1, 0.15) is 5.58 Å². The van der Waals surface area contributed by atoms with Crippen molar-refractivity contribution in [2.45, 2.75) is 6.92 Å². The Hall–Kier alpha value is -1.81. The molecule has 1 aromatic carbocycles. The molecular weight excluding hydrogens is 194 g/mol. The van der Waals surface area contributed by atoms with Crippen LogP contribution in [0.15, 0.2) is 33.5 Å². The summed E-state index contributed by atoms with van der Waals surface area (Å²) in [7, 11) is 1.55. The van der Waals surface area contributed by atoms with Crippen LogP contribution < -0.4 is 10.7 Å². The maximum atomic E-state index is 11.0. The number of hydroxylamine groups is 1. The van der Waals surface area contributed by atoms with E-state index >= 15 is 0 Å². The molecule has 0 fully saturated rings. The average molecular weight is 205 g/mol. The third kappa shape index (κ3) is 1.71. The number of rotatable bonds is 1. The summed E-state index contributed by atoms with van der Waals surface area (Å²) in [6.07, 6.45) is 0. The Kier molecular flexibility index (Phi) is 2.21. The minimum Gasteiger partial charge on any atom is -0.423 e. The molecule has 0 radical (unpaired) electrons. The van der Waals surface area contributed by atoms with E-state index in [0.29, 0.717) is 11.3 Å². The average Bonchev–Trinajstić information content (AvgIpc) is 2.15. The zero-order valence-electron chi connectivity index (χ0n) is 8.52. The van der Waals surface area contributed by atoms with E-state index in [2.05, 4.69) is 0 Å². The highest BCUT2D eigenvalue weighted by atomic mass is 16.5. The van der Waals surface area contributed by atoms with Gasteiger partial charge in [-0.25, -0.2) is 4.79 Å². The van der Waals surface area contributed by atoms with Gasteiger partial charge in [-0.05, 0) is 30.7 Å². The van der Waals surface area contributed by atoms with Crippen LogP contribution in [0.2, 0.25) is 0 Å². The van der Waals surface area contributed by atoms with E-state index in [1.807, 2.05) is 6.92 Å². The van der Waals surface area contributed by atoms with Gasteiger partial charge >= 0.3 is 5.63 Å². The topological polar surface area (TPSA) is 53.7 Å². The van der Waals surface area contributed by atoms with Gasteiger partial charge < -0.3 is 4.42 Å². The molecule has 0 atom stereocenters. The second kappa shape index (κ2) is 3.40. The maximum Gasteiger partial charge on any atom is 0.336 e. The molecule has 0 amide bonds. The molecule has 4 heteroatoms. The van der Waals surface area contributed by atoms with Crippen molar-refractivity contribution in [2.75, 3.05) is 12.1 Å². The minimum absolute atomic E-state index is 0.369. The summed E-state index contributed by atoms with van der Waals surface area (Å²) in [5, 5.41) is 11.2. The summed E-state index contributed by atoms with van der Waals surface area (Å²) in [4.78, 5) is 11.0. The molecule has 2 aromatic rings. The first-order chi connectivity index (χ1) is 7.08. The summed E-state index contributed by atoms with van der Waals surface area (Å²) in [5.74, 6) is 0. The molecule has 0 aliphatic rings. The van der Waals surface area contributed by atoms with E-state index in [4.69, 9.17) is 4.42 Å². The van der Waals surface area contributed by atoms with Crippen molar-refractivity contribution in [1.82, 2.24) is 0 Å². The molecule has 0 spiro atoms. The first-order valence-corrected chi connectivity index (χ1v) is 4.55. The summed E-state index contributed by atoms with van der Waals surface area (Å²) in [6, 6.07) is 6.54. The van der Waals surface area contributed by atoms with Crippen LogP contribution in [0.3, 0.4) is 0 Å². The van der Waals surface area contributed by atoms with Gasteiger partial charge in [-0.1, -0.05) is 0 Å². The Balaban J connectivity index is 2.76. The van der Waals surface area contributed by atoms with Crippen molar-refractivity contribution >= 4 is 16.7 Å². The summed E-state index contributed by atoms with van der Waals surface area (Å²) < 4.78 is 5.02. The fraction of sp³-hybridized carbons (Fsp3) is 0.182. The lowest BCUT2D eigenvalue weighted by Gasteiger charge is -2.13. The fourth-order valence-corrected chi connectivity index (χ4v) is 1.55.